The monoisotopic (exact) mass is 388 g/mol. The number of nitrogens with one attached hydrogen (secondary N) is 1. The van der Waals surface area contributed by atoms with Crippen LogP contribution in [-0.2, 0) is 38.1 Å². The molecule has 0 spiro atoms. The third-order valence-electron chi connectivity index (χ3n) is 3.33. The summed E-state index contributed by atoms with van der Waals surface area (Å²) in [5.74, 6) is -2.99. The first-order valence-electron chi connectivity index (χ1n) is 7.77. The molecule has 1 aliphatic heterocycles. The van der Waals surface area contributed by atoms with E-state index in [0.29, 0.717) is 0 Å². The van der Waals surface area contributed by atoms with Crippen LogP contribution in [0.15, 0.2) is 5.11 Å². The molecular weight excluding hydrogens is 368 g/mol. The van der Waals surface area contributed by atoms with E-state index in [1.165, 1.54) is 0 Å². The van der Waals surface area contributed by atoms with Crippen LogP contribution < -0.4 is 5.32 Å². The number of nitrogens with zero attached hydrogens (tertiary/aromatic N) is 3. The molecule has 5 atom stereocenters. The Morgan fingerprint density at radius 2 is 1.70 bits per heavy atom. The fourth-order valence-electron chi connectivity index (χ4n) is 2.40. The van der Waals surface area contributed by atoms with Crippen LogP contribution >= 0.6 is 0 Å². The summed E-state index contributed by atoms with van der Waals surface area (Å²) in [7, 11) is 0. The van der Waals surface area contributed by atoms with Crippen molar-refractivity contribution in [2.24, 2.45) is 5.11 Å². The maximum atomic E-state index is 11.8. The number of carbonyl (C=O) groups excluding carboxylic acids is 4. The van der Waals surface area contributed by atoms with Crippen molar-refractivity contribution in [2.45, 2.75) is 51.4 Å². The number of amides is 1. The normalized spacial score (nSPS) is 26.9. The maximum Gasteiger partial charge on any atom is 0.303 e. The molecule has 1 aliphatic rings. The quantitative estimate of drug-likeness (QED) is 0.180. The Kier molecular flexibility index (Phi) is 8.45. The highest BCUT2D eigenvalue weighted by atomic mass is 16.7. The maximum absolute atomic E-state index is 11.8. The summed E-state index contributed by atoms with van der Waals surface area (Å²) in [6.45, 7) is 2.33. The van der Waals surface area contributed by atoms with Crippen LogP contribution in [0, 0.1) is 0 Å². The molecule has 0 aliphatic carbocycles. The standard InChI is InChI=1S/C14H20N4O9/c1-6(19)24-5-9-12(25-7(2)20)13(26-8(3)21)11(14(23)27-9)17-10(22)4-16-18-15/h9,11-14,23H,4-5H2,1-3H3,(H,17,22)/t9?,11?,12-,13+,14?/m0/s1. The van der Waals surface area contributed by atoms with Gasteiger partial charge in [-0.15, -0.1) is 0 Å². The lowest BCUT2D eigenvalue weighted by molar-refractivity contribution is -0.264. The molecule has 0 saturated carbocycles. The molecule has 1 fully saturated rings. The van der Waals surface area contributed by atoms with Crippen LogP contribution in [0.5, 0.6) is 0 Å². The van der Waals surface area contributed by atoms with Crippen LogP contribution in [0.4, 0.5) is 0 Å². The van der Waals surface area contributed by atoms with E-state index in [-0.39, 0.29) is 0 Å². The number of hydrogen-bond donors (Lipinski definition) is 2. The molecule has 13 nitrogen and oxygen atoms in total. The lowest BCUT2D eigenvalue weighted by atomic mass is 9.96. The number of rotatable bonds is 7. The third-order valence-corrected chi connectivity index (χ3v) is 3.33. The molecule has 0 radical (unpaired) electrons. The summed E-state index contributed by atoms with van der Waals surface area (Å²) in [5.41, 5.74) is 8.26. The van der Waals surface area contributed by atoms with Crippen molar-refractivity contribution < 1.29 is 43.2 Å². The highest BCUT2D eigenvalue weighted by Gasteiger charge is 2.50. The van der Waals surface area contributed by atoms with Gasteiger partial charge in [-0.05, 0) is 5.53 Å². The fourth-order valence-corrected chi connectivity index (χ4v) is 2.40. The average Bonchev–Trinajstić information content (AvgIpc) is 2.56. The first-order chi connectivity index (χ1) is 12.6. The number of carbonyl (C=O) groups is 4. The second-order valence-corrected chi connectivity index (χ2v) is 5.50. The lowest BCUT2D eigenvalue weighted by Crippen LogP contribution is -2.66. The Morgan fingerprint density at radius 1 is 1.11 bits per heavy atom. The van der Waals surface area contributed by atoms with Crippen LogP contribution in [0.25, 0.3) is 10.4 Å². The van der Waals surface area contributed by atoms with Gasteiger partial charge in [0.25, 0.3) is 0 Å². The van der Waals surface area contributed by atoms with E-state index in [9.17, 15) is 24.3 Å². The van der Waals surface area contributed by atoms with Gasteiger partial charge in [-0.1, -0.05) is 5.11 Å². The van der Waals surface area contributed by atoms with Gasteiger partial charge in [-0.2, -0.15) is 0 Å². The average molecular weight is 388 g/mol. The number of hydrogen-bond acceptors (Lipinski definition) is 10. The Hall–Kier alpha value is -2.89. The molecule has 1 amide bonds. The van der Waals surface area contributed by atoms with Crippen LogP contribution in [0.2, 0.25) is 0 Å². The molecule has 1 saturated heterocycles. The van der Waals surface area contributed by atoms with Gasteiger partial charge in [-0.25, -0.2) is 0 Å². The summed E-state index contributed by atoms with van der Waals surface area (Å²) in [4.78, 5) is 48.2. The molecule has 13 heteroatoms. The topological polar surface area (TPSA) is 186 Å². The van der Waals surface area contributed by atoms with Crippen molar-refractivity contribution in [3.8, 4) is 0 Å². The third kappa shape index (κ3) is 7.09. The first kappa shape index (κ1) is 22.2. The van der Waals surface area contributed by atoms with Crippen molar-refractivity contribution in [3.63, 3.8) is 0 Å². The Labute approximate surface area is 153 Å². The van der Waals surface area contributed by atoms with Gasteiger partial charge in [0.1, 0.15) is 25.3 Å². The highest BCUT2D eigenvalue weighted by Crippen LogP contribution is 2.26. The molecule has 2 N–H and O–H groups in total. The second kappa shape index (κ2) is 10.3. The van der Waals surface area contributed by atoms with Gasteiger partial charge in [0.2, 0.25) is 5.91 Å². The zero-order valence-corrected chi connectivity index (χ0v) is 14.9. The van der Waals surface area contributed by atoms with E-state index in [2.05, 4.69) is 15.3 Å². The Balaban J connectivity index is 3.12. The largest absolute Gasteiger partial charge is 0.463 e. The van der Waals surface area contributed by atoms with Gasteiger partial charge in [-0.3, -0.25) is 19.2 Å². The number of aliphatic hydroxyl groups is 1. The SMILES string of the molecule is CC(=O)OCC1OC(O)C(NC(=O)CN=[N+]=[N-])[C@@H](OC(C)=O)[C@H]1OC(C)=O. The van der Waals surface area contributed by atoms with Gasteiger partial charge in [0, 0.05) is 25.7 Å². The molecule has 0 aromatic carbocycles. The van der Waals surface area contributed by atoms with E-state index in [1.54, 1.807) is 0 Å². The number of ether oxygens (including phenoxy) is 4. The van der Waals surface area contributed by atoms with Crippen molar-refractivity contribution in [3.05, 3.63) is 10.4 Å². The van der Waals surface area contributed by atoms with Gasteiger partial charge in [0.05, 0.1) is 0 Å². The van der Waals surface area contributed by atoms with Crippen molar-refractivity contribution in [2.75, 3.05) is 13.2 Å². The van der Waals surface area contributed by atoms with Crippen LogP contribution in [0.3, 0.4) is 0 Å². The molecule has 3 unspecified atom stereocenters. The molecule has 27 heavy (non-hydrogen) atoms. The predicted molar refractivity (Wildman–Crippen MR) is 84.6 cm³/mol. The van der Waals surface area contributed by atoms with Gasteiger partial charge in [0.15, 0.2) is 18.5 Å². The Bertz CT molecular complexity index is 634. The van der Waals surface area contributed by atoms with Crippen LogP contribution in [0.1, 0.15) is 20.8 Å². The minimum atomic E-state index is -1.70. The minimum Gasteiger partial charge on any atom is -0.463 e. The van der Waals surface area contributed by atoms with E-state index in [1.807, 2.05) is 0 Å². The first-order valence-corrected chi connectivity index (χ1v) is 7.77. The summed E-state index contributed by atoms with van der Waals surface area (Å²) in [5, 5.41) is 15.6. The van der Waals surface area contributed by atoms with Gasteiger partial charge >= 0.3 is 17.9 Å². The summed E-state index contributed by atoms with van der Waals surface area (Å²) in [6.07, 6.45) is -5.51. The number of esters is 3. The number of azide groups is 1. The van der Waals surface area contributed by atoms with Gasteiger partial charge < -0.3 is 29.4 Å². The molecule has 0 aromatic rings. The molecule has 1 rings (SSSR count). The lowest BCUT2D eigenvalue weighted by Gasteiger charge is -2.43. The summed E-state index contributed by atoms with van der Waals surface area (Å²) in [6, 6.07) is -1.34. The zero-order valence-electron chi connectivity index (χ0n) is 14.9. The molecule has 1 heterocycles. The zero-order chi connectivity index (χ0) is 20.6. The van der Waals surface area contributed by atoms with Crippen molar-refractivity contribution in [1.82, 2.24) is 5.32 Å². The minimum absolute atomic E-state index is 0.401. The van der Waals surface area contributed by atoms with E-state index in [0.717, 1.165) is 20.8 Å². The fraction of sp³-hybridized carbons (Fsp3) is 0.714. The predicted octanol–water partition coefficient (Wildman–Crippen LogP) is -1.07. The Morgan fingerprint density at radius 3 is 2.22 bits per heavy atom. The molecule has 150 valence electrons. The van der Waals surface area contributed by atoms with Crippen molar-refractivity contribution >= 4 is 23.8 Å². The van der Waals surface area contributed by atoms with E-state index >= 15 is 0 Å². The second-order valence-electron chi connectivity index (χ2n) is 5.50. The summed E-state index contributed by atoms with van der Waals surface area (Å²) >= 11 is 0. The molecule has 0 aromatic heterocycles. The van der Waals surface area contributed by atoms with Crippen LogP contribution in [-0.4, -0.2) is 72.7 Å². The molecular formula is C14H20N4O9. The molecule has 0 bridgehead atoms. The van der Waals surface area contributed by atoms with Crippen molar-refractivity contribution in [1.29, 1.82) is 0 Å². The van der Waals surface area contributed by atoms with E-state index < -0.39 is 67.6 Å². The summed E-state index contributed by atoms with van der Waals surface area (Å²) < 4.78 is 20.3. The smallest absolute Gasteiger partial charge is 0.303 e. The van der Waals surface area contributed by atoms with E-state index in [4.69, 9.17) is 24.5 Å². The number of aliphatic hydroxyl groups excluding tert-OH is 1. The highest BCUT2D eigenvalue weighted by molar-refractivity contribution is 5.78.